The van der Waals surface area contributed by atoms with Gasteiger partial charge in [-0.25, -0.2) is 0 Å². The zero-order valence-corrected chi connectivity index (χ0v) is 14.1. The molecule has 5 heteroatoms. The van der Waals surface area contributed by atoms with Gasteiger partial charge in [0.25, 0.3) is 0 Å². The van der Waals surface area contributed by atoms with Gasteiger partial charge in [-0.3, -0.25) is 0 Å². The Balaban J connectivity index is 0.000000471. The quantitative estimate of drug-likeness (QED) is 0.606. The third-order valence-electron chi connectivity index (χ3n) is 3.19. The van der Waals surface area contributed by atoms with Crippen molar-refractivity contribution in [1.29, 1.82) is 0 Å². The second-order valence-corrected chi connectivity index (χ2v) is 5.59. The Hall–Kier alpha value is -2.23. The Morgan fingerprint density at radius 1 is 0.750 bits per heavy atom. The maximum Gasteiger partial charge on any atom is 0.324 e. The lowest BCUT2D eigenvalue weighted by molar-refractivity contribution is 0.368. The van der Waals surface area contributed by atoms with E-state index in [2.05, 4.69) is 31.2 Å². The van der Waals surface area contributed by atoms with E-state index in [0.717, 1.165) is 17.1 Å². The molecule has 3 aromatic carbocycles. The average molecular weight is 342 g/mol. The molecule has 0 aliphatic carbocycles. The smallest absolute Gasteiger partial charge is 0.324 e. The van der Waals surface area contributed by atoms with Gasteiger partial charge in [0.1, 0.15) is 11.5 Å². The number of rotatable bonds is 3. The Kier molecular flexibility index (Phi) is 6.91. The topological polar surface area (TPSA) is 69.9 Å². The van der Waals surface area contributed by atoms with Crippen molar-refractivity contribution in [1.82, 2.24) is 0 Å². The number of ether oxygens (including phenoxy) is 1. The predicted molar refractivity (Wildman–Crippen MR) is 96.7 cm³/mol. The second kappa shape index (κ2) is 9.16. The minimum absolute atomic E-state index is 0.855. The first-order valence-corrected chi connectivity index (χ1v) is 8.52. The fraction of sp³-hybridized carbons (Fsp3) is 0.0526. The summed E-state index contributed by atoms with van der Waals surface area (Å²) in [6.45, 7) is 2.10. The molecule has 0 atom stereocenters. The van der Waals surface area contributed by atoms with Crippen molar-refractivity contribution in [2.45, 2.75) is 6.92 Å². The average Bonchev–Trinajstić information content (AvgIpc) is 2.58. The van der Waals surface area contributed by atoms with Crippen LogP contribution in [0.4, 0.5) is 0 Å². The van der Waals surface area contributed by atoms with E-state index in [1.807, 2.05) is 54.6 Å². The Bertz CT molecular complexity index is 743. The molecule has 3 aromatic rings. The van der Waals surface area contributed by atoms with E-state index in [4.69, 9.17) is 19.4 Å². The molecule has 0 aromatic heterocycles. The first-order chi connectivity index (χ1) is 11.6. The van der Waals surface area contributed by atoms with Gasteiger partial charge in [0.15, 0.2) is 0 Å². The molecular weight excluding hydrogens is 323 g/mol. The maximum atomic E-state index is 7.23. The highest BCUT2D eigenvalue weighted by atomic mass is 31.2. The molecule has 4 nitrogen and oxygen atoms in total. The SMILES string of the molecule is Cc1ccc(Oc2ccccc2)c(-c2ccccc2)c1.OP(O)O. The molecule has 0 aliphatic rings. The van der Waals surface area contributed by atoms with E-state index in [1.165, 1.54) is 11.1 Å². The molecule has 3 N–H and O–H groups in total. The normalized spacial score (nSPS) is 10.0. The second-order valence-electron chi connectivity index (χ2n) is 5.05. The van der Waals surface area contributed by atoms with Gasteiger partial charge < -0.3 is 19.4 Å². The predicted octanol–water partition coefficient (Wildman–Crippen LogP) is 4.64. The van der Waals surface area contributed by atoms with E-state index in [-0.39, 0.29) is 0 Å². The van der Waals surface area contributed by atoms with Crippen LogP contribution in [0.25, 0.3) is 11.1 Å². The van der Waals surface area contributed by atoms with Crippen molar-refractivity contribution < 1.29 is 19.4 Å². The minimum Gasteiger partial charge on any atom is -0.457 e. The lowest BCUT2D eigenvalue weighted by atomic mass is 10.0. The van der Waals surface area contributed by atoms with Crippen molar-refractivity contribution in [2.24, 2.45) is 0 Å². The van der Waals surface area contributed by atoms with Crippen LogP contribution < -0.4 is 4.74 Å². The van der Waals surface area contributed by atoms with Crippen LogP contribution in [-0.4, -0.2) is 14.7 Å². The van der Waals surface area contributed by atoms with Crippen LogP contribution in [0.5, 0.6) is 11.5 Å². The molecule has 24 heavy (non-hydrogen) atoms. The van der Waals surface area contributed by atoms with Crippen molar-refractivity contribution in [3.8, 4) is 22.6 Å². The van der Waals surface area contributed by atoms with Gasteiger partial charge in [-0.15, -0.1) is 0 Å². The summed E-state index contributed by atoms with van der Waals surface area (Å²) in [4.78, 5) is 21.7. The van der Waals surface area contributed by atoms with Crippen molar-refractivity contribution in [3.05, 3.63) is 84.4 Å². The van der Waals surface area contributed by atoms with Crippen LogP contribution in [0, 0.1) is 6.92 Å². The van der Waals surface area contributed by atoms with Crippen LogP contribution >= 0.6 is 8.60 Å². The van der Waals surface area contributed by atoms with Gasteiger partial charge in [0.05, 0.1) is 0 Å². The van der Waals surface area contributed by atoms with E-state index >= 15 is 0 Å². The molecule has 0 radical (unpaired) electrons. The molecule has 0 heterocycles. The number of benzene rings is 3. The largest absolute Gasteiger partial charge is 0.457 e. The Morgan fingerprint density at radius 3 is 1.88 bits per heavy atom. The minimum atomic E-state index is -2.62. The van der Waals surface area contributed by atoms with Crippen LogP contribution in [0.15, 0.2) is 78.9 Å². The lowest BCUT2D eigenvalue weighted by Gasteiger charge is -2.12. The highest BCUT2D eigenvalue weighted by molar-refractivity contribution is 7.38. The first-order valence-electron chi connectivity index (χ1n) is 7.32. The van der Waals surface area contributed by atoms with Crippen molar-refractivity contribution in [2.75, 3.05) is 0 Å². The molecule has 0 aliphatic heterocycles. The molecule has 3 rings (SSSR count). The Labute approximate surface area is 142 Å². The highest BCUT2D eigenvalue weighted by Crippen LogP contribution is 2.33. The molecule has 0 spiro atoms. The van der Waals surface area contributed by atoms with Crippen LogP contribution in [0.2, 0.25) is 0 Å². The van der Waals surface area contributed by atoms with E-state index in [9.17, 15) is 0 Å². The molecule has 0 amide bonds. The Morgan fingerprint density at radius 2 is 1.29 bits per heavy atom. The van der Waals surface area contributed by atoms with Crippen LogP contribution in [-0.2, 0) is 0 Å². The maximum absolute atomic E-state index is 7.23. The number of hydrogen-bond donors (Lipinski definition) is 3. The monoisotopic (exact) mass is 342 g/mol. The lowest BCUT2D eigenvalue weighted by Crippen LogP contribution is -1.89. The van der Waals surface area contributed by atoms with Crippen LogP contribution in [0.3, 0.4) is 0 Å². The highest BCUT2D eigenvalue weighted by Gasteiger charge is 2.07. The molecule has 124 valence electrons. The number of aryl methyl sites for hydroxylation is 1. The zero-order valence-electron chi connectivity index (χ0n) is 13.2. The third-order valence-corrected chi connectivity index (χ3v) is 3.19. The van der Waals surface area contributed by atoms with E-state index in [1.54, 1.807) is 0 Å². The summed E-state index contributed by atoms with van der Waals surface area (Å²) in [6.07, 6.45) is 0. The summed E-state index contributed by atoms with van der Waals surface area (Å²) >= 11 is 0. The summed E-state index contributed by atoms with van der Waals surface area (Å²) < 4.78 is 6.02. The number of para-hydroxylation sites is 1. The molecule has 0 unspecified atom stereocenters. The standard InChI is InChI=1S/C19H16O.H3O3P/c1-15-12-13-19(20-17-10-6-3-7-11-17)18(14-15)16-8-4-2-5-9-16;1-4(2)3/h2-14H,1H3;1-3H. The van der Waals surface area contributed by atoms with Gasteiger partial charge in [-0.1, -0.05) is 60.2 Å². The fourth-order valence-electron chi connectivity index (χ4n) is 2.19. The van der Waals surface area contributed by atoms with Gasteiger partial charge in [-0.05, 0) is 36.8 Å². The molecule has 0 bridgehead atoms. The summed E-state index contributed by atoms with van der Waals surface area (Å²) in [6, 6.07) is 26.5. The molecular formula is C19H19O4P. The molecule has 0 saturated carbocycles. The van der Waals surface area contributed by atoms with E-state index in [0.29, 0.717) is 0 Å². The first kappa shape index (κ1) is 18.1. The van der Waals surface area contributed by atoms with Gasteiger partial charge in [-0.2, -0.15) is 0 Å². The van der Waals surface area contributed by atoms with Gasteiger partial charge >= 0.3 is 8.60 Å². The third kappa shape index (κ3) is 5.76. The number of hydrogen-bond acceptors (Lipinski definition) is 4. The molecule has 0 fully saturated rings. The zero-order chi connectivity index (χ0) is 17.4. The van der Waals surface area contributed by atoms with Gasteiger partial charge in [0.2, 0.25) is 0 Å². The summed E-state index contributed by atoms with van der Waals surface area (Å²) in [5.41, 5.74) is 3.51. The summed E-state index contributed by atoms with van der Waals surface area (Å²) in [5, 5.41) is 0. The van der Waals surface area contributed by atoms with Gasteiger partial charge in [0, 0.05) is 5.56 Å². The summed E-state index contributed by atoms with van der Waals surface area (Å²) in [5.74, 6) is 1.74. The summed E-state index contributed by atoms with van der Waals surface area (Å²) in [7, 11) is -2.62. The fourth-order valence-corrected chi connectivity index (χ4v) is 2.19. The van der Waals surface area contributed by atoms with Crippen molar-refractivity contribution >= 4 is 8.60 Å². The van der Waals surface area contributed by atoms with Crippen molar-refractivity contribution in [3.63, 3.8) is 0 Å². The molecule has 0 saturated heterocycles. The van der Waals surface area contributed by atoms with E-state index < -0.39 is 8.60 Å². The van der Waals surface area contributed by atoms with Crippen LogP contribution in [0.1, 0.15) is 5.56 Å².